The van der Waals surface area contributed by atoms with Crippen molar-refractivity contribution in [2.24, 2.45) is 21.1 Å². The largest absolute Gasteiger partial charge is 0.496 e. The molecule has 9 aromatic heterocycles. The molecule has 0 bridgehead atoms. The van der Waals surface area contributed by atoms with Gasteiger partial charge in [-0.15, -0.1) is 11.3 Å². The van der Waals surface area contributed by atoms with Crippen molar-refractivity contribution >= 4 is 90.7 Å². The lowest BCUT2D eigenvalue weighted by Gasteiger charge is -2.32. The van der Waals surface area contributed by atoms with Gasteiger partial charge in [-0.3, -0.25) is 24.0 Å². The quantitative estimate of drug-likeness (QED) is 0.0858. The van der Waals surface area contributed by atoms with Gasteiger partial charge >= 0.3 is 7.12 Å². The lowest BCUT2D eigenvalue weighted by Crippen LogP contribution is -2.41. The summed E-state index contributed by atoms with van der Waals surface area (Å²) in [4.78, 5) is 81.0. The van der Waals surface area contributed by atoms with Crippen molar-refractivity contribution in [1.29, 1.82) is 0 Å². The van der Waals surface area contributed by atoms with Gasteiger partial charge in [0.1, 0.15) is 39.2 Å². The summed E-state index contributed by atoms with van der Waals surface area (Å²) in [6, 6.07) is 23.2. The van der Waals surface area contributed by atoms with Crippen LogP contribution in [0.15, 0.2) is 152 Å². The number of anilines is 6. The Kier molecular flexibility index (Phi) is 17.8. The lowest BCUT2D eigenvalue weighted by atomic mass is 9.80. The van der Waals surface area contributed by atoms with Crippen molar-refractivity contribution < 1.29 is 14.1 Å². The van der Waals surface area contributed by atoms with Crippen LogP contribution in [0.25, 0.3) is 27.0 Å². The molecule has 10 heterocycles. The van der Waals surface area contributed by atoms with Gasteiger partial charge in [0.15, 0.2) is 12.1 Å². The molecule has 0 amide bonds. The average molecular weight is 1150 g/mol. The van der Waals surface area contributed by atoms with Crippen LogP contribution in [0.4, 0.5) is 34.5 Å². The molecule has 19 nitrogen and oxygen atoms in total. The van der Waals surface area contributed by atoms with Gasteiger partial charge in [0.05, 0.1) is 23.0 Å². The second kappa shape index (κ2) is 24.7. The van der Waals surface area contributed by atoms with Gasteiger partial charge < -0.3 is 39.0 Å². The molecule has 1 aliphatic heterocycles. The SMILES string of the molecule is CC.Cn1cc(-c2ccnc(-n3ncc4c5c(sc4c3=O)CCCC5)c2C=O)cc(Nc2ccccn2)c1=O.Cn1cc(B2OC(C)(C)C(C)(C)O2)cc(Nc2ccccn2)c1=O.Cn1cc(Br)cc(Nc2ccccn2)c1=O. The van der Waals surface area contributed by atoms with Crippen molar-refractivity contribution in [1.82, 2.24) is 43.4 Å². The van der Waals surface area contributed by atoms with E-state index in [2.05, 4.69) is 56.9 Å². The van der Waals surface area contributed by atoms with Crippen molar-refractivity contribution in [3.63, 3.8) is 0 Å². The molecule has 0 atom stereocenters. The lowest BCUT2D eigenvalue weighted by molar-refractivity contribution is 0.00578. The van der Waals surface area contributed by atoms with E-state index in [4.69, 9.17) is 9.31 Å². The Labute approximate surface area is 468 Å². The summed E-state index contributed by atoms with van der Waals surface area (Å²) < 4.78 is 19.3. The van der Waals surface area contributed by atoms with E-state index in [-0.39, 0.29) is 33.6 Å². The summed E-state index contributed by atoms with van der Waals surface area (Å²) in [7, 11) is 4.53. The van der Waals surface area contributed by atoms with Crippen LogP contribution in [0.1, 0.15) is 75.2 Å². The molecule has 0 unspecified atom stereocenters. The molecule has 22 heteroatoms. The minimum absolute atomic E-state index is 0.0890. The Bertz CT molecular complexity index is 3870. The maximum Gasteiger partial charge on any atom is 0.496 e. The van der Waals surface area contributed by atoms with Crippen LogP contribution < -0.4 is 43.7 Å². The first-order valence-electron chi connectivity index (χ1n) is 25.6. The van der Waals surface area contributed by atoms with E-state index >= 15 is 0 Å². The molecule has 1 fully saturated rings. The number of nitrogens with zero attached hydrogens (tertiary/aromatic N) is 9. The van der Waals surface area contributed by atoms with Gasteiger partial charge in [-0.25, -0.2) is 19.9 Å². The predicted octanol–water partition coefficient (Wildman–Crippen LogP) is 9.17. The molecule has 0 saturated carbocycles. The number of nitrogens with one attached hydrogen (secondary N) is 3. The molecule has 1 aliphatic carbocycles. The van der Waals surface area contributed by atoms with Crippen molar-refractivity contribution in [2.45, 2.75) is 78.4 Å². The Morgan fingerprint density at radius 3 is 1.71 bits per heavy atom. The van der Waals surface area contributed by atoms with Gasteiger partial charge in [-0.05, 0) is 141 Å². The number of aldehydes is 1. The summed E-state index contributed by atoms with van der Waals surface area (Å²) in [6.07, 6.45) is 18.1. The van der Waals surface area contributed by atoms with Crippen molar-refractivity contribution in [2.75, 3.05) is 16.0 Å². The number of halogens is 1. The second-order valence-electron chi connectivity index (χ2n) is 19.3. The molecule has 1 saturated heterocycles. The van der Waals surface area contributed by atoms with Gasteiger partial charge in [-0.1, -0.05) is 32.0 Å². The third-order valence-electron chi connectivity index (χ3n) is 13.3. The van der Waals surface area contributed by atoms with Crippen LogP contribution in [-0.4, -0.2) is 68.0 Å². The maximum absolute atomic E-state index is 13.5. The zero-order chi connectivity index (χ0) is 56.6. The van der Waals surface area contributed by atoms with Gasteiger partial charge in [0.2, 0.25) is 0 Å². The Hall–Kier alpha value is -8.18. The highest BCUT2D eigenvalue weighted by Crippen LogP contribution is 2.37. The van der Waals surface area contributed by atoms with Crippen molar-refractivity contribution in [3.8, 4) is 16.9 Å². The van der Waals surface area contributed by atoms with E-state index in [9.17, 15) is 24.0 Å². The van der Waals surface area contributed by atoms with Crippen LogP contribution in [0.2, 0.25) is 0 Å². The predicted molar refractivity (Wildman–Crippen MR) is 316 cm³/mol. The van der Waals surface area contributed by atoms with Crippen LogP contribution in [0, 0.1) is 0 Å². The molecular formula is C57H60BBrN12O7S. The zero-order valence-corrected chi connectivity index (χ0v) is 47.7. The number of rotatable bonds is 10. The molecule has 2 aliphatic rings. The maximum atomic E-state index is 13.5. The van der Waals surface area contributed by atoms with Crippen molar-refractivity contribution in [3.05, 3.63) is 190 Å². The fraction of sp³-hybridized carbons (Fsp3) is 0.263. The molecule has 406 valence electrons. The molecule has 11 rings (SSSR count). The number of thiophene rings is 1. The summed E-state index contributed by atoms with van der Waals surface area (Å²) >= 11 is 4.85. The highest BCUT2D eigenvalue weighted by Gasteiger charge is 2.52. The standard InChI is InChI=1S/C27H22N6O3S.C17H22BN3O3.C11H10BrN3O.C2H6/c1-32-14-16(12-21(26(32)35)31-23-8-4-5-10-28-23)17-9-11-29-25(20(17)15-34)33-27(36)24-19(13-30-33)18-6-2-3-7-22(18)37-24;1-16(2)17(3,4)24-18(23-16)12-10-13(15(22)21(5)11-12)20-14-8-6-7-9-19-14;1-15-7-8(12)6-9(11(15)16)14-10-4-2-3-5-13-10;1-2/h4-5,8-15H,2-3,6-7H2,1H3,(H,28,31);6-11H,1-5H3,(H,19,20);2-7H,1H3,(H,13,14);1-2H3. The molecule has 0 radical (unpaired) electrons. The minimum Gasteiger partial charge on any atom is -0.399 e. The number of hydrogen-bond donors (Lipinski definition) is 3. The van der Waals surface area contributed by atoms with E-state index in [1.54, 1.807) is 113 Å². The number of aromatic nitrogens is 9. The van der Waals surface area contributed by atoms with E-state index in [0.29, 0.717) is 56.6 Å². The molecular weight excluding hydrogens is 1090 g/mol. The minimum atomic E-state index is -0.522. The van der Waals surface area contributed by atoms with Gasteiger partial charge in [-0.2, -0.15) is 9.78 Å². The average Bonchev–Trinajstić information content (AvgIpc) is 4.22. The normalized spacial score (nSPS) is 13.8. The van der Waals surface area contributed by atoms with Gasteiger partial charge in [0.25, 0.3) is 22.2 Å². The number of aryl methyl sites for hydroxylation is 5. The third kappa shape index (κ3) is 12.7. The van der Waals surface area contributed by atoms with E-state index in [1.165, 1.54) is 46.4 Å². The highest BCUT2D eigenvalue weighted by atomic mass is 79.9. The molecule has 0 aromatic carbocycles. The van der Waals surface area contributed by atoms with Crippen LogP contribution in [0.5, 0.6) is 0 Å². The Balaban J connectivity index is 0.000000168. The summed E-state index contributed by atoms with van der Waals surface area (Å²) in [5.74, 6) is 1.93. The topological polar surface area (TPSA) is 224 Å². The van der Waals surface area contributed by atoms with Crippen LogP contribution in [-0.2, 0) is 43.3 Å². The Morgan fingerprint density at radius 2 is 1.16 bits per heavy atom. The number of carbonyl (C=O) groups excluding carboxylic acids is 1. The monoisotopic (exact) mass is 1150 g/mol. The van der Waals surface area contributed by atoms with E-state index in [1.807, 2.05) is 71.9 Å². The van der Waals surface area contributed by atoms with E-state index in [0.717, 1.165) is 41.0 Å². The number of fused-ring (bicyclic) bond motifs is 3. The fourth-order valence-corrected chi connectivity index (χ4v) is 10.5. The number of pyridine rings is 7. The molecule has 3 N–H and O–H groups in total. The number of carbonyl (C=O) groups is 1. The zero-order valence-electron chi connectivity index (χ0n) is 45.3. The number of hydrogen-bond acceptors (Lipinski definition) is 16. The molecule has 0 spiro atoms. The second-order valence-corrected chi connectivity index (χ2v) is 21.3. The fourth-order valence-electron chi connectivity index (χ4n) is 8.67. The Morgan fingerprint density at radius 1 is 0.646 bits per heavy atom. The van der Waals surface area contributed by atoms with Gasteiger partial charge in [0, 0.05) is 90.3 Å². The summed E-state index contributed by atoms with van der Waals surface area (Å²) in [5.41, 5.74) is 2.95. The highest BCUT2D eigenvalue weighted by molar-refractivity contribution is 9.10. The first kappa shape index (κ1) is 57.0. The van der Waals surface area contributed by atoms with Crippen LogP contribution in [0.3, 0.4) is 0 Å². The first-order valence-corrected chi connectivity index (χ1v) is 27.2. The summed E-state index contributed by atoms with van der Waals surface area (Å²) in [6.45, 7) is 12.0. The first-order chi connectivity index (χ1) is 37.9. The smallest absolute Gasteiger partial charge is 0.399 e. The van der Waals surface area contributed by atoms with E-state index < -0.39 is 18.3 Å². The van der Waals surface area contributed by atoms with Crippen LogP contribution >= 0.6 is 27.3 Å². The summed E-state index contributed by atoms with van der Waals surface area (Å²) in [5, 5.41) is 14.4. The molecule has 79 heavy (non-hydrogen) atoms. The molecule has 9 aromatic rings. The third-order valence-corrected chi connectivity index (χ3v) is 15.1.